The predicted octanol–water partition coefficient (Wildman–Crippen LogP) is 4.72. The Kier molecular flexibility index (Phi) is 10.0. The van der Waals surface area contributed by atoms with E-state index in [4.69, 9.17) is 9.47 Å². The van der Waals surface area contributed by atoms with E-state index in [0.29, 0.717) is 30.4 Å². The van der Waals surface area contributed by atoms with E-state index in [0.717, 1.165) is 11.3 Å². The summed E-state index contributed by atoms with van der Waals surface area (Å²) < 4.78 is 10.9. The van der Waals surface area contributed by atoms with Crippen LogP contribution < -0.4 is 10.2 Å². The molecular formula is C27H40N2O5S. The van der Waals surface area contributed by atoms with E-state index in [2.05, 4.69) is 5.32 Å². The van der Waals surface area contributed by atoms with Crippen LogP contribution in [-0.2, 0) is 23.9 Å². The highest BCUT2D eigenvalue weighted by Crippen LogP contribution is 2.35. The molecule has 1 heterocycles. The van der Waals surface area contributed by atoms with Crippen molar-refractivity contribution < 1.29 is 23.9 Å². The lowest BCUT2D eigenvalue weighted by molar-refractivity contribution is -0.154. The van der Waals surface area contributed by atoms with Crippen molar-refractivity contribution in [3.05, 3.63) is 24.3 Å². The summed E-state index contributed by atoms with van der Waals surface area (Å²) >= 11 is 1.55. The second-order valence-corrected chi connectivity index (χ2v) is 11.5. The second kappa shape index (κ2) is 12.8. The third-order valence-corrected chi connectivity index (χ3v) is 7.55. The van der Waals surface area contributed by atoms with Crippen LogP contribution in [-0.4, -0.2) is 54.4 Å². The topological polar surface area (TPSA) is 84.9 Å². The number of carbonyl (C=O) groups excluding carboxylic acids is 3. The molecule has 2 atom stereocenters. The minimum absolute atomic E-state index is 0.183. The number of ether oxygens (including phenoxy) is 2. The van der Waals surface area contributed by atoms with Crippen molar-refractivity contribution in [2.75, 3.05) is 23.8 Å². The molecule has 1 unspecified atom stereocenters. The molecule has 1 fully saturated rings. The van der Waals surface area contributed by atoms with Crippen LogP contribution in [0.15, 0.2) is 29.2 Å². The number of hydrogen-bond acceptors (Lipinski definition) is 7. The lowest BCUT2D eigenvalue weighted by Gasteiger charge is -2.29. The zero-order valence-electron chi connectivity index (χ0n) is 21.5. The van der Waals surface area contributed by atoms with E-state index in [-0.39, 0.29) is 18.4 Å². The van der Waals surface area contributed by atoms with Gasteiger partial charge in [0.2, 0.25) is 5.91 Å². The van der Waals surface area contributed by atoms with Crippen LogP contribution in [0.25, 0.3) is 0 Å². The fourth-order valence-corrected chi connectivity index (χ4v) is 5.86. The number of amides is 1. The van der Waals surface area contributed by atoms with Gasteiger partial charge in [-0.1, -0.05) is 44.2 Å². The summed E-state index contributed by atoms with van der Waals surface area (Å²) in [5, 5.41) is 3.32. The Balaban J connectivity index is 1.77. The Hall–Kier alpha value is -2.06. The first-order valence-corrected chi connectivity index (χ1v) is 13.8. The summed E-state index contributed by atoms with van der Waals surface area (Å²) in [4.78, 5) is 41.6. The Morgan fingerprint density at radius 1 is 1.17 bits per heavy atom. The monoisotopic (exact) mass is 504 g/mol. The highest BCUT2D eigenvalue weighted by Gasteiger charge is 2.36. The summed E-state index contributed by atoms with van der Waals surface area (Å²) in [6, 6.07) is 6.38. The molecule has 1 amide bonds. The molecule has 194 valence electrons. The molecule has 35 heavy (non-hydrogen) atoms. The van der Waals surface area contributed by atoms with Crippen LogP contribution in [0.3, 0.4) is 0 Å². The first-order valence-electron chi connectivity index (χ1n) is 12.9. The standard InChI is InChI=1S/C27H40N2O5S/c1-5-33-26(32)20(16-15-19-11-7-6-8-12-19)28-21-18-35-23-14-10-9-13-22(23)29(25(21)31)17-24(30)34-27(2,3)4/h9-10,13-14,19-21,28H,5-8,11-12,15-18H2,1-4H3/t20-,21?/m1/s1. The molecule has 2 aliphatic rings. The van der Waals surface area contributed by atoms with Gasteiger partial charge in [-0.05, 0) is 58.6 Å². The number of carbonyl (C=O) groups is 3. The van der Waals surface area contributed by atoms with Crippen molar-refractivity contribution in [3.63, 3.8) is 0 Å². The minimum atomic E-state index is -0.647. The lowest BCUT2D eigenvalue weighted by atomic mass is 9.85. The van der Waals surface area contributed by atoms with E-state index in [1.807, 2.05) is 24.3 Å². The van der Waals surface area contributed by atoms with Crippen molar-refractivity contribution in [2.24, 2.45) is 5.92 Å². The van der Waals surface area contributed by atoms with Crippen LogP contribution in [0.1, 0.15) is 72.6 Å². The highest BCUT2D eigenvalue weighted by atomic mass is 32.2. The number of nitrogens with one attached hydrogen (secondary N) is 1. The summed E-state index contributed by atoms with van der Waals surface area (Å²) in [6.45, 7) is 7.32. The van der Waals surface area contributed by atoms with Gasteiger partial charge in [-0.15, -0.1) is 11.8 Å². The van der Waals surface area contributed by atoms with E-state index < -0.39 is 23.7 Å². The molecule has 1 saturated carbocycles. The first-order chi connectivity index (χ1) is 16.7. The fourth-order valence-electron chi connectivity index (χ4n) is 4.77. The first kappa shape index (κ1) is 27.5. The van der Waals surface area contributed by atoms with Gasteiger partial charge in [0.15, 0.2) is 0 Å². The van der Waals surface area contributed by atoms with Crippen LogP contribution in [0, 0.1) is 5.92 Å². The molecule has 1 aliphatic heterocycles. The zero-order chi connectivity index (χ0) is 25.4. The number of thioether (sulfide) groups is 1. The van der Waals surface area contributed by atoms with Gasteiger partial charge < -0.3 is 9.47 Å². The van der Waals surface area contributed by atoms with Gasteiger partial charge >= 0.3 is 11.9 Å². The lowest BCUT2D eigenvalue weighted by Crippen LogP contribution is -2.54. The third kappa shape index (κ3) is 8.24. The van der Waals surface area contributed by atoms with E-state index >= 15 is 0 Å². The molecule has 0 saturated heterocycles. The molecule has 8 heteroatoms. The molecule has 0 spiro atoms. The summed E-state index contributed by atoms with van der Waals surface area (Å²) in [6.07, 6.45) is 7.76. The largest absolute Gasteiger partial charge is 0.465 e. The van der Waals surface area contributed by atoms with Gasteiger partial charge in [0.25, 0.3) is 0 Å². The molecule has 0 radical (unpaired) electrons. The predicted molar refractivity (Wildman–Crippen MR) is 139 cm³/mol. The number of benzene rings is 1. The number of hydrogen-bond donors (Lipinski definition) is 1. The molecule has 1 aromatic rings. The Labute approximate surface area is 213 Å². The van der Waals surface area contributed by atoms with Gasteiger partial charge in [0, 0.05) is 10.6 Å². The van der Waals surface area contributed by atoms with Crippen molar-refractivity contribution in [2.45, 2.75) is 95.2 Å². The fraction of sp³-hybridized carbons (Fsp3) is 0.667. The number of nitrogens with zero attached hydrogens (tertiary/aromatic N) is 1. The Morgan fingerprint density at radius 3 is 2.57 bits per heavy atom. The van der Waals surface area contributed by atoms with Gasteiger partial charge in [-0.25, -0.2) is 0 Å². The Morgan fingerprint density at radius 2 is 1.89 bits per heavy atom. The number of anilines is 1. The molecule has 7 nitrogen and oxygen atoms in total. The van der Waals surface area contributed by atoms with Crippen LogP contribution in [0.4, 0.5) is 5.69 Å². The van der Waals surface area contributed by atoms with Gasteiger partial charge in [-0.3, -0.25) is 24.6 Å². The van der Waals surface area contributed by atoms with Crippen molar-refractivity contribution >= 4 is 35.3 Å². The average Bonchev–Trinajstić information content (AvgIpc) is 2.93. The van der Waals surface area contributed by atoms with Crippen molar-refractivity contribution in [1.29, 1.82) is 0 Å². The van der Waals surface area contributed by atoms with E-state index in [9.17, 15) is 14.4 Å². The van der Waals surface area contributed by atoms with E-state index in [1.54, 1.807) is 39.5 Å². The normalized spacial score (nSPS) is 20.1. The van der Waals surface area contributed by atoms with Crippen LogP contribution >= 0.6 is 11.8 Å². The van der Waals surface area contributed by atoms with Crippen LogP contribution in [0.5, 0.6) is 0 Å². The molecule has 1 aromatic carbocycles. The van der Waals surface area contributed by atoms with E-state index in [1.165, 1.54) is 37.0 Å². The molecule has 0 bridgehead atoms. The van der Waals surface area contributed by atoms with Gasteiger partial charge in [0.1, 0.15) is 18.2 Å². The smallest absolute Gasteiger partial charge is 0.326 e. The summed E-state index contributed by atoms with van der Waals surface area (Å²) in [7, 11) is 0. The van der Waals surface area contributed by atoms with Gasteiger partial charge in [-0.2, -0.15) is 0 Å². The van der Waals surface area contributed by atoms with Gasteiger partial charge in [0.05, 0.1) is 18.3 Å². The zero-order valence-corrected chi connectivity index (χ0v) is 22.3. The summed E-state index contributed by atoms with van der Waals surface area (Å²) in [5.74, 6) is 0.0574. The maximum atomic E-state index is 13.7. The Bertz CT molecular complexity index is 879. The number of para-hydroxylation sites is 1. The number of fused-ring (bicyclic) bond motifs is 1. The molecule has 0 aromatic heterocycles. The minimum Gasteiger partial charge on any atom is -0.465 e. The molecule has 1 N–H and O–H groups in total. The summed E-state index contributed by atoms with van der Waals surface area (Å²) in [5.41, 5.74) is 0.0407. The maximum Gasteiger partial charge on any atom is 0.326 e. The molecule has 3 rings (SSSR count). The SMILES string of the molecule is CCOC(=O)[C@@H](CCC1CCCCC1)NC1CSc2ccccc2N(CC(=O)OC(C)(C)C)C1=O. The number of rotatable bonds is 9. The van der Waals surface area contributed by atoms with Crippen LogP contribution in [0.2, 0.25) is 0 Å². The third-order valence-electron chi connectivity index (χ3n) is 6.39. The number of esters is 2. The van der Waals surface area contributed by atoms with Crippen molar-refractivity contribution in [3.8, 4) is 0 Å². The molecule has 1 aliphatic carbocycles. The second-order valence-electron chi connectivity index (χ2n) is 10.4. The molecular weight excluding hydrogens is 464 g/mol. The van der Waals surface area contributed by atoms with Crippen molar-refractivity contribution in [1.82, 2.24) is 5.32 Å². The highest BCUT2D eigenvalue weighted by molar-refractivity contribution is 7.99. The average molecular weight is 505 g/mol. The quantitative estimate of drug-likeness (QED) is 0.487. The maximum absolute atomic E-state index is 13.7.